The van der Waals surface area contributed by atoms with Crippen LogP contribution in [0.25, 0.3) is 0 Å². The second kappa shape index (κ2) is 5.28. The van der Waals surface area contributed by atoms with Gasteiger partial charge in [0.25, 0.3) is 0 Å². The largest absolute Gasteiger partial charge is 0.381 e. The number of nitrogens with zero attached hydrogens (tertiary/aromatic N) is 2. The lowest BCUT2D eigenvalue weighted by molar-refractivity contribution is 0.0778. The Kier molecular flexibility index (Phi) is 3.75. The lowest BCUT2D eigenvalue weighted by atomic mass is 10.1. The van der Waals surface area contributed by atoms with Crippen LogP contribution in [0, 0.1) is 6.92 Å². The summed E-state index contributed by atoms with van der Waals surface area (Å²) in [4.78, 5) is 0. The lowest BCUT2D eigenvalue weighted by Gasteiger charge is -2.23. The van der Waals surface area contributed by atoms with E-state index < -0.39 is 0 Å². The fourth-order valence-corrected chi connectivity index (χ4v) is 1.87. The van der Waals surface area contributed by atoms with E-state index >= 15 is 0 Å². The van der Waals surface area contributed by atoms with Crippen molar-refractivity contribution in [1.82, 2.24) is 15.1 Å². The molecule has 4 heteroatoms. The monoisotopic (exact) mass is 209 g/mol. The van der Waals surface area contributed by atoms with Crippen molar-refractivity contribution in [3.05, 3.63) is 18.0 Å². The Morgan fingerprint density at radius 3 is 3.00 bits per heavy atom. The summed E-state index contributed by atoms with van der Waals surface area (Å²) in [5.74, 6) is 0. The first-order valence-corrected chi connectivity index (χ1v) is 5.65. The van der Waals surface area contributed by atoms with E-state index in [-0.39, 0.29) is 0 Å². The van der Waals surface area contributed by atoms with E-state index in [4.69, 9.17) is 4.74 Å². The summed E-state index contributed by atoms with van der Waals surface area (Å²) in [6, 6.07) is 0.635. The molecule has 0 aromatic carbocycles. The van der Waals surface area contributed by atoms with E-state index in [1.807, 2.05) is 10.9 Å². The van der Waals surface area contributed by atoms with Gasteiger partial charge >= 0.3 is 0 Å². The second-order valence-electron chi connectivity index (χ2n) is 4.12. The number of aryl methyl sites for hydroxylation is 1. The van der Waals surface area contributed by atoms with Gasteiger partial charge in [-0.25, -0.2) is 0 Å². The number of aromatic nitrogens is 2. The van der Waals surface area contributed by atoms with E-state index in [0.29, 0.717) is 6.04 Å². The molecule has 1 aromatic rings. The van der Waals surface area contributed by atoms with E-state index in [1.165, 1.54) is 5.56 Å². The van der Waals surface area contributed by atoms with Crippen LogP contribution in [0.15, 0.2) is 12.4 Å². The standard InChI is InChI=1S/C11H19N3O/c1-10-8-13-14(9-10)5-4-12-11-2-6-15-7-3-11/h8-9,11-12H,2-7H2,1H3. The summed E-state index contributed by atoms with van der Waals surface area (Å²) in [5, 5.41) is 7.79. The summed E-state index contributed by atoms with van der Waals surface area (Å²) >= 11 is 0. The maximum absolute atomic E-state index is 5.31. The van der Waals surface area contributed by atoms with Crippen molar-refractivity contribution >= 4 is 0 Å². The fourth-order valence-electron chi connectivity index (χ4n) is 1.87. The summed E-state index contributed by atoms with van der Waals surface area (Å²) in [7, 11) is 0. The van der Waals surface area contributed by atoms with Gasteiger partial charge in [0.15, 0.2) is 0 Å². The third kappa shape index (κ3) is 3.32. The molecule has 0 amide bonds. The molecular weight excluding hydrogens is 190 g/mol. The van der Waals surface area contributed by atoms with Crippen LogP contribution in [0.2, 0.25) is 0 Å². The van der Waals surface area contributed by atoms with Gasteiger partial charge in [-0.2, -0.15) is 5.10 Å². The molecule has 0 aliphatic carbocycles. The van der Waals surface area contributed by atoms with E-state index in [2.05, 4.69) is 23.5 Å². The van der Waals surface area contributed by atoms with Crippen LogP contribution >= 0.6 is 0 Å². The Morgan fingerprint density at radius 1 is 1.53 bits per heavy atom. The minimum Gasteiger partial charge on any atom is -0.381 e. The zero-order chi connectivity index (χ0) is 10.5. The third-order valence-electron chi connectivity index (χ3n) is 2.76. The molecule has 4 nitrogen and oxygen atoms in total. The van der Waals surface area contributed by atoms with Crippen LogP contribution in [-0.2, 0) is 11.3 Å². The summed E-state index contributed by atoms with van der Waals surface area (Å²) in [6.07, 6.45) is 6.25. The van der Waals surface area contributed by atoms with E-state index in [1.54, 1.807) is 0 Å². The highest BCUT2D eigenvalue weighted by Gasteiger charge is 2.12. The molecule has 0 spiro atoms. The van der Waals surface area contributed by atoms with Crippen molar-refractivity contribution < 1.29 is 4.74 Å². The van der Waals surface area contributed by atoms with Gasteiger partial charge < -0.3 is 10.1 Å². The first-order chi connectivity index (χ1) is 7.34. The van der Waals surface area contributed by atoms with E-state index in [0.717, 1.165) is 39.1 Å². The lowest BCUT2D eigenvalue weighted by Crippen LogP contribution is -2.36. The number of hydrogen-bond donors (Lipinski definition) is 1. The van der Waals surface area contributed by atoms with Crippen molar-refractivity contribution in [1.29, 1.82) is 0 Å². The van der Waals surface area contributed by atoms with Gasteiger partial charge in [0.2, 0.25) is 0 Å². The maximum Gasteiger partial charge on any atom is 0.0534 e. The van der Waals surface area contributed by atoms with Crippen molar-refractivity contribution in [2.45, 2.75) is 32.4 Å². The molecule has 1 N–H and O–H groups in total. The smallest absolute Gasteiger partial charge is 0.0534 e. The zero-order valence-electron chi connectivity index (χ0n) is 9.28. The average molecular weight is 209 g/mol. The van der Waals surface area contributed by atoms with Crippen molar-refractivity contribution in [2.75, 3.05) is 19.8 Å². The number of rotatable bonds is 4. The molecule has 2 rings (SSSR count). The Balaban J connectivity index is 1.65. The summed E-state index contributed by atoms with van der Waals surface area (Å²) < 4.78 is 7.30. The Labute approximate surface area is 90.6 Å². The van der Waals surface area contributed by atoms with Crippen LogP contribution in [0.1, 0.15) is 18.4 Å². The van der Waals surface area contributed by atoms with Crippen LogP contribution in [0.3, 0.4) is 0 Å². The predicted molar refractivity (Wildman–Crippen MR) is 58.8 cm³/mol. The highest BCUT2D eigenvalue weighted by atomic mass is 16.5. The topological polar surface area (TPSA) is 39.1 Å². The summed E-state index contributed by atoms with van der Waals surface area (Å²) in [5.41, 5.74) is 1.22. The average Bonchev–Trinajstić information content (AvgIpc) is 2.66. The van der Waals surface area contributed by atoms with Gasteiger partial charge in [0, 0.05) is 32.0 Å². The molecule has 0 unspecified atom stereocenters. The molecule has 84 valence electrons. The molecule has 1 aliphatic heterocycles. The molecule has 0 radical (unpaired) electrons. The Hall–Kier alpha value is -0.870. The minimum atomic E-state index is 0.635. The van der Waals surface area contributed by atoms with Gasteiger partial charge in [-0.05, 0) is 25.3 Å². The molecule has 0 saturated carbocycles. The zero-order valence-corrected chi connectivity index (χ0v) is 9.28. The van der Waals surface area contributed by atoms with Crippen LogP contribution in [0.4, 0.5) is 0 Å². The van der Waals surface area contributed by atoms with Crippen LogP contribution in [0.5, 0.6) is 0 Å². The number of nitrogens with one attached hydrogen (secondary N) is 1. The van der Waals surface area contributed by atoms with Gasteiger partial charge in [-0.1, -0.05) is 0 Å². The van der Waals surface area contributed by atoms with Crippen molar-refractivity contribution in [3.63, 3.8) is 0 Å². The molecule has 15 heavy (non-hydrogen) atoms. The van der Waals surface area contributed by atoms with Gasteiger partial charge in [-0.3, -0.25) is 4.68 Å². The quantitative estimate of drug-likeness (QED) is 0.803. The highest BCUT2D eigenvalue weighted by Crippen LogP contribution is 2.05. The van der Waals surface area contributed by atoms with Crippen molar-refractivity contribution in [2.24, 2.45) is 0 Å². The molecular formula is C11H19N3O. The number of ether oxygens (including phenoxy) is 1. The Morgan fingerprint density at radius 2 is 2.33 bits per heavy atom. The van der Waals surface area contributed by atoms with Gasteiger partial charge in [0.05, 0.1) is 12.7 Å². The fraction of sp³-hybridized carbons (Fsp3) is 0.727. The van der Waals surface area contributed by atoms with E-state index in [9.17, 15) is 0 Å². The maximum atomic E-state index is 5.31. The molecule has 0 atom stereocenters. The molecule has 1 saturated heterocycles. The normalized spacial score (nSPS) is 18.2. The van der Waals surface area contributed by atoms with Crippen LogP contribution in [-0.4, -0.2) is 35.6 Å². The van der Waals surface area contributed by atoms with Gasteiger partial charge in [0.1, 0.15) is 0 Å². The third-order valence-corrected chi connectivity index (χ3v) is 2.76. The van der Waals surface area contributed by atoms with Gasteiger partial charge in [-0.15, -0.1) is 0 Å². The predicted octanol–water partition coefficient (Wildman–Crippen LogP) is 0.960. The molecule has 1 fully saturated rings. The minimum absolute atomic E-state index is 0.635. The molecule has 1 aromatic heterocycles. The first-order valence-electron chi connectivity index (χ1n) is 5.65. The summed E-state index contributed by atoms with van der Waals surface area (Å²) in [6.45, 7) is 5.81. The first kappa shape index (κ1) is 10.6. The van der Waals surface area contributed by atoms with Crippen molar-refractivity contribution in [3.8, 4) is 0 Å². The highest BCUT2D eigenvalue weighted by molar-refractivity contribution is 4.99. The number of hydrogen-bond acceptors (Lipinski definition) is 3. The SMILES string of the molecule is Cc1cnn(CCNC2CCOCC2)c1. The van der Waals surface area contributed by atoms with Crippen LogP contribution < -0.4 is 5.32 Å². The molecule has 1 aliphatic rings. The Bertz CT molecular complexity index is 292. The second-order valence-corrected chi connectivity index (χ2v) is 4.12. The molecule has 2 heterocycles. The molecule has 0 bridgehead atoms.